The fraction of sp³-hybridized carbons (Fsp3) is 0.560. The van der Waals surface area contributed by atoms with Crippen molar-refractivity contribution in [2.45, 2.75) is 62.0 Å². The van der Waals surface area contributed by atoms with Crippen LogP contribution >= 0.6 is 0 Å². The van der Waals surface area contributed by atoms with Crippen molar-refractivity contribution in [3.05, 3.63) is 34.4 Å². The van der Waals surface area contributed by atoms with E-state index in [-0.39, 0.29) is 36.2 Å². The number of piperidine rings is 1. The summed E-state index contributed by atoms with van der Waals surface area (Å²) in [6, 6.07) is 5.01. The van der Waals surface area contributed by atoms with Crippen LogP contribution in [0.4, 0.5) is 0 Å². The van der Waals surface area contributed by atoms with Gasteiger partial charge in [0.1, 0.15) is 23.0 Å². The molecule has 2 aromatic rings. The van der Waals surface area contributed by atoms with E-state index in [0.29, 0.717) is 37.4 Å². The van der Waals surface area contributed by atoms with E-state index in [9.17, 15) is 23.1 Å². The zero-order valence-electron chi connectivity index (χ0n) is 20.9. The lowest BCUT2D eigenvalue weighted by atomic mass is 10.1. The second-order valence-corrected chi connectivity index (χ2v) is 11.4. The van der Waals surface area contributed by atoms with Gasteiger partial charge in [-0.1, -0.05) is 19.4 Å². The van der Waals surface area contributed by atoms with Crippen molar-refractivity contribution in [3.8, 4) is 23.1 Å². The number of aromatic hydroxyl groups is 1. The van der Waals surface area contributed by atoms with Gasteiger partial charge in [0.2, 0.25) is 11.8 Å². The molecule has 1 aliphatic carbocycles. The third-order valence-electron chi connectivity index (χ3n) is 6.88. The number of carbonyl (C=O) groups is 1. The summed E-state index contributed by atoms with van der Waals surface area (Å²) in [4.78, 5) is 30.6. The lowest BCUT2D eigenvalue weighted by Gasteiger charge is -2.32. The fourth-order valence-corrected chi connectivity index (χ4v) is 6.52. The minimum atomic E-state index is -4.25. The average Bonchev–Trinajstić information content (AvgIpc) is 3.72. The van der Waals surface area contributed by atoms with Crippen LogP contribution in [0.25, 0.3) is 5.69 Å². The second kappa shape index (κ2) is 10.5. The summed E-state index contributed by atoms with van der Waals surface area (Å²) in [5.74, 6) is 0.281. The Kier molecular flexibility index (Phi) is 7.58. The number of aromatic nitrogens is 2. The molecule has 1 N–H and O–H groups in total. The Labute approximate surface area is 210 Å². The first kappa shape index (κ1) is 26.0. The van der Waals surface area contributed by atoms with E-state index in [1.54, 1.807) is 23.1 Å². The average molecular weight is 520 g/mol. The number of hydrogen-bond donors (Lipinski definition) is 1. The van der Waals surface area contributed by atoms with Gasteiger partial charge in [0.15, 0.2) is 14.7 Å². The van der Waals surface area contributed by atoms with Crippen LogP contribution in [0.5, 0.6) is 17.4 Å². The summed E-state index contributed by atoms with van der Waals surface area (Å²) < 4.78 is 39.6. The van der Waals surface area contributed by atoms with E-state index < -0.39 is 31.4 Å². The summed E-state index contributed by atoms with van der Waals surface area (Å²) in [6.07, 6.45) is 3.95. The molecule has 1 amide bonds. The predicted octanol–water partition coefficient (Wildman–Crippen LogP) is 2.47. The Hall–Kier alpha value is -3.08. The van der Waals surface area contributed by atoms with Crippen LogP contribution in [0.15, 0.2) is 27.9 Å². The molecular formula is C25H33N3O7S. The van der Waals surface area contributed by atoms with Crippen LogP contribution in [0, 0.1) is 5.92 Å². The van der Waals surface area contributed by atoms with Crippen molar-refractivity contribution in [2.24, 2.45) is 5.92 Å². The first-order chi connectivity index (χ1) is 17.2. The molecule has 1 aromatic heterocycles. The van der Waals surface area contributed by atoms with Gasteiger partial charge in [-0.15, -0.1) is 0 Å². The van der Waals surface area contributed by atoms with Gasteiger partial charge < -0.3 is 19.5 Å². The molecule has 1 saturated heterocycles. The van der Waals surface area contributed by atoms with E-state index in [0.717, 1.165) is 19.3 Å². The standard InChI is InChI=1S/C25H33N3O7S/c1-4-5-9-20-26-23(29)22(25(31)28(20)21-18(34-2)7-6-8-19(21)35-3)36(32,33)17-12-14-27(15-13-17)24(30)16-10-11-16/h6-8,16-17,31H,4-5,9-15H2,1-3H3. The quantitative estimate of drug-likeness (QED) is 0.535. The highest BCUT2D eigenvalue weighted by atomic mass is 32.2. The Morgan fingerprint density at radius 2 is 1.72 bits per heavy atom. The molecule has 196 valence electrons. The third-order valence-corrected chi connectivity index (χ3v) is 9.16. The molecule has 0 atom stereocenters. The highest BCUT2D eigenvalue weighted by Crippen LogP contribution is 2.39. The van der Waals surface area contributed by atoms with E-state index in [4.69, 9.17) is 9.47 Å². The van der Waals surface area contributed by atoms with Crippen molar-refractivity contribution in [1.29, 1.82) is 0 Å². The number of unbranched alkanes of at least 4 members (excludes halogenated alkanes) is 1. The molecule has 10 nitrogen and oxygen atoms in total. The third kappa shape index (κ3) is 4.80. The van der Waals surface area contributed by atoms with Crippen LogP contribution in [0.1, 0.15) is 51.3 Å². The molecule has 36 heavy (non-hydrogen) atoms. The maximum Gasteiger partial charge on any atom is 0.295 e. The second-order valence-electron chi connectivity index (χ2n) is 9.28. The van der Waals surface area contributed by atoms with Crippen LogP contribution in [-0.4, -0.2) is 66.4 Å². The number of sulfone groups is 1. The Morgan fingerprint density at radius 3 is 2.25 bits per heavy atom. The molecular weight excluding hydrogens is 486 g/mol. The molecule has 0 bridgehead atoms. The lowest BCUT2D eigenvalue weighted by molar-refractivity contribution is -0.133. The molecule has 11 heteroatoms. The normalized spacial score (nSPS) is 16.7. The molecule has 1 aromatic carbocycles. The minimum Gasteiger partial charge on any atom is -0.494 e. The van der Waals surface area contributed by atoms with Gasteiger partial charge >= 0.3 is 0 Å². The van der Waals surface area contributed by atoms with Crippen LogP contribution in [0.2, 0.25) is 0 Å². The predicted molar refractivity (Wildman–Crippen MR) is 133 cm³/mol. The topological polar surface area (TPSA) is 128 Å². The number of hydrogen-bond acceptors (Lipinski definition) is 8. The number of likely N-dealkylation sites (tertiary alicyclic amines) is 1. The van der Waals surface area contributed by atoms with E-state index in [1.807, 2.05) is 6.92 Å². The van der Waals surface area contributed by atoms with Gasteiger partial charge in [-0.25, -0.2) is 8.42 Å². The van der Waals surface area contributed by atoms with E-state index in [2.05, 4.69) is 4.98 Å². The monoisotopic (exact) mass is 519 g/mol. The summed E-state index contributed by atoms with van der Waals surface area (Å²) in [5.41, 5.74) is -0.722. The van der Waals surface area contributed by atoms with Gasteiger partial charge in [-0.3, -0.25) is 14.2 Å². The minimum absolute atomic E-state index is 0.0603. The van der Waals surface area contributed by atoms with Gasteiger partial charge in [0.05, 0.1) is 19.5 Å². The Balaban J connectivity index is 1.80. The largest absolute Gasteiger partial charge is 0.494 e. The van der Waals surface area contributed by atoms with E-state index >= 15 is 0 Å². The Bertz CT molecular complexity index is 1270. The van der Waals surface area contributed by atoms with Crippen molar-refractivity contribution < 1.29 is 27.8 Å². The summed E-state index contributed by atoms with van der Waals surface area (Å²) in [7, 11) is -1.35. The molecule has 1 saturated carbocycles. The molecule has 4 rings (SSSR count). The van der Waals surface area contributed by atoms with Gasteiger partial charge in [-0.05, 0) is 44.2 Å². The molecule has 0 radical (unpaired) electrons. The number of amides is 1. The fourth-order valence-electron chi connectivity index (χ4n) is 4.72. The molecule has 1 aliphatic heterocycles. The molecule has 0 unspecified atom stereocenters. The molecule has 0 spiro atoms. The van der Waals surface area contributed by atoms with Crippen molar-refractivity contribution >= 4 is 15.7 Å². The summed E-state index contributed by atoms with van der Waals surface area (Å²) in [6.45, 7) is 2.58. The maximum absolute atomic E-state index is 13.7. The number of rotatable bonds is 9. The highest BCUT2D eigenvalue weighted by molar-refractivity contribution is 7.92. The maximum atomic E-state index is 13.7. The van der Waals surface area contributed by atoms with Crippen molar-refractivity contribution in [1.82, 2.24) is 14.5 Å². The van der Waals surface area contributed by atoms with Crippen LogP contribution < -0.4 is 15.0 Å². The molecule has 2 heterocycles. The van der Waals surface area contributed by atoms with E-state index in [1.165, 1.54) is 18.8 Å². The smallest absolute Gasteiger partial charge is 0.295 e. The zero-order chi connectivity index (χ0) is 26.0. The van der Waals surface area contributed by atoms with Crippen LogP contribution in [-0.2, 0) is 21.1 Å². The van der Waals surface area contributed by atoms with Gasteiger partial charge in [0.25, 0.3) is 5.56 Å². The number of aryl methyl sites for hydroxylation is 1. The number of carbonyl (C=O) groups excluding carboxylic acids is 1. The number of para-hydroxylation sites is 1. The number of methoxy groups -OCH3 is 2. The van der Waals surface area contributed by atoms with Crippen LogP contribution in [0.3, 0.4) is 0 Å². The van der Waals surface area contributed by atoms with Crippen molar-refractivity contribution in [2.75, 3.05) is 27.3 Å². The Morgan fingerprint density at radius 1 is 1.11 bits per heavy atom. The molecule has 2 aliphatic rings. The van der Waals surface area contributed by atoms with Gasteiger partial charge in [0, 0.05) is 25.4 Å². The lowest BCUT2D eigenvalue weighted by Crippen LogP contribution is -2.44. The first-order valence-electron chi connectivity index (χ1n) is 12.3. The number of nitrogens with zero attached hydrogens (tertiary/aromatic N) is 3. The highest BCUT2D eigenvalue weighted by Gasteiger charge is 2.40. The van der Waals surface area contributed by atoms with Gasteiger partial charge in [-0.2, -0.15) is 4.98 Å². The molecule has 2 fully saturated rings. The first-order valence-corrected chi connectivity index (χ1v) is 13.9. The van der Waals surface area contributed by atoms with Crippen molar-refractivity contribution in [3.63, 3.8) is 0 Å². The zero-order valence-corrected chi connectivity index (χ0v) is 21.7. The number of ether oxygens (including phenoxy) is 2. The summed E-state index contributed by atoms with van der Waals surface area (Å²) in [5, 5.41) is 10.5. The summed E-state index contributed by atoms with van der Waals surface area (Å²) >= 11 is 0. The SMILES string of the molecule is CCCCc1nc(=O)c(S(=O)(=O)C2CCN(C(=O)C3CC3)CC2)c(O)n1-c1c(OC)cccc1OC. The number of benzene rings is 1.